The largest absolute Gasteiger partial charge is 0.224 e. The lowest BCUT2D eigenvalue weighted by Crippen LogP contribution is -2.00. The Labute approximate surface area is 201 Å². The summed E-state index contributed by atoms with van der Waals surface area (Å²) in [5.74, 6) is 2.35. The molecule has 36 heavy (non-hydrogen) atoms. The van der Waals surface area contributed by atoms with Crippen LogP contribution < -0.4 is 0 Å². The maximum Gasteiger partial charge on any atom is 0.199 e. The van der Waals surface area contributed by atoms with Gasteiger partial charge in [-0.25, -0.2) is 39.9 Å². The van der Waals surface area contributed by atoms with Gasteiger partial charge in [-0.15, -0.1) is 6.42 Å². The van der Waals surface area contributed by atoms with Crippen molar-refractivity contribution in [1.82, 2.24) is 39.9 Å². The normalized spacial score (nSPS) is 10.7. The molecular weight excluding hydrogens is 454 g/mol. The van der Waals surface area contributed by atoms with E-state index in [4.69, 9.17) is 6.42 Å². The Morgan fingerprint density at radius 2 is 0.833 bits per heavy atom. The van der Waals surface area contributed by atoms with Crippen molar-refractivity contribution in [2.24, 2.45) is 0 Å². The molecule has 0 aliphatic rings. The first-order valence-corrected chi connectivity index (χ1v) is 10.3. The summed E-state index contributed by atoms with van der Waals surface area (Å²) in [4.78, 5) is 34.6. The first-order valence-electron chi connectivity index (χ1n) is 10.3. The van der Waals surface area contributed by atoms with E-state index in [0.717, 1.165) is 11.1 Å². The zero-order valence-electron chi connectivity index (χ0n) is 18.0. The van der Waals surface area contributed by atoms with Gasteiger partial charge in [0.2, 0.25) is 0 Å². The standard InChI is InChI=1S/C25H7N11/c1-2-14-19(9-26)34-23-22(29-14)32-17-7-12(3-5-15(17)30-23)13-4-6-16-18(8-13)33-25-24(31-16)35-20(10-27)21(11-28)36-25/h1,3-8H. The quantitative estimate of drug-likeness (QED) is 0.260. The van der Waals surface area contributed by atoms with Crippen LogP contribution >= 0.6 is 0 Å². The number of rotatable bonds is 1. The minimum Gasteiger partial charge on any atom is -0.224 e. The average molecular weight is 461 g/mol. The molecule has 4 heterocycles. The van der Waals surface area contributed by atoms with Crippen molar-refractivity contribution >= 4 is 44.7 Å². The van der Waals surface area contributed by atoms with Gasteiger partial charge in [0.15, 0.2) is 45.4 Å². The molecule has 4 aromatic heterocycles. The lowest BCUT2D eigenvalue weighted by atomic mass is 10.0. The van der Waals surface area contributed by atoms with Gasteiger partial charge in [0, 0.05) is 0 Å². The first-order chi connectivity index (χ1) is 17.6. The van der Waals surface area contributed by atoms with Crippen LogP contribution in [0.3, 0.4) is 0 Å². The van der Waals surface area contributed by atoms with Crippen LogP contribution in [-0.2, 0) is 0 Å². The number of terminal acetylenes is 1. The molecule has 0 radical (unpaired) electrons. The Kier molecular flexibility index (Phi) is 4.37. The van der Waals surface area contributed by atoms with Crippen LogP contribution in [0.1, 0.15) is 22.8 Å². The van der Waals surface area contributed by atoms with Gasteiger partial charge in [-0.3, -0.25) is 0 Å². The van der Waals surface area contributed by atoms with E-state index in [9.17, 15) is 15.8 Å². The molecule has 11 nitrogen and oxygen atoms in total. The third-order valence-electron chi connectivity index (χ3n) is 5.36. The second kappa shape index (κ2) is 7.71. The monoisotopic (exact) mass is 461 g/mol. The molecule has 0 fully saturated rings. The highest BCUT2D eigenvalue weighted by atomic mass is 15.0. The molecule has 0 aliphatic carbocycles. The highest BCUT2D eigenvalue weighted by Crippen LogP contribution is 2.27. The maximum absolute atomic E-state index is 9.23. The van der Waals surface area contributed by atoms with Gasteiger partial charge in [0.25, 0.3) is 0 Å². The molecule has 0 amide bonds. The molecule has 11 heteroatoms. The molecule has 6 aromatic rings. The summed E-state index contributed by atoms with van der Waals surface area (Å²) >= 11 is 0. The highest BCUT2D eigenvalue weighted by Gasteiger charge is 2.13. The Bertz CT molecular complexity index is 1950. The van der Waals surface area contributed by atoms with Crippen molar-refractivity contribution in [1.29, 1.82) is 15.8 Å². The van der Waals surface area contributed by atoms with Gasteiger partial charge in [-0.2, -0.15) is 15.8 Å². The zero-order chi connectivity index (χ0) is 24.8. The number of nitrogens with zero attached hydrogens (tertiary/aromatic N) is 11. The van der Waals surface area contributed by atoms with Gasteiger partial charge in [-0.05, 0) is 41.3 Å². The second-order valence-electron chi connectivity index (χ2n) is 7.47. The van der Waals surface area contributed by atoms with E-state index in [-0.39, 0.29) is 45.4 Å². The molecule has 162 valence electrons. The van der Waals surface area contributed by atoms with Gasteiger partial charge in [0.1, 0.15) is 18.2 Å². The zero-order valence-corrected chi connectivity index (χ0v) is 18.0. The minimum absolute atomic E-state index is 0.0236. The van der Waals surface area contributed by atoms with Crippen LogP contribution in [0, 0.1) is 46.3 Å². The van der Waals surface area contributed by atoms with Crippen LogP contribution in [0.5, 0.6) is 0 Å². The van der Waals surface area contributed by atoms with Crippen molar-refractivity contribution in [2.45, 2.75) is 0 Å². The molecule has 0 bridgehead atoms. The molecule has 2 aromatic carbocycles. The molecule has 0 N–H and O–H groups in total. The molecule has 6 rings (SSSR count). The lowest BCUT2D eigenvalue weighted by Gasteiger charge is -2.07. The van der Waals surface area contributed by atoms with E-state index < -0.39 is 0 Å². The summed E-state index contributed by atoms with van der Waals surface area (Å²) < 4.78 is 0. The van der Waals surface area contributed by atoms with E-state index >= 15 is 0 Å². The number of aromatic nitrogens is 8. The van der Waals surface area contributed by atoms with Crippen molar-refractivity contribution in [3.8, 4) is 41.7 Å². The SMILES string of the molecule is C#Cc1nc2nc3cc(-c4ccc5nc6nc(C#N)c(C#N)nc6nc5c4)ccc3nc2nc1C#N. The van der Waals surface area contributed by atoms with Gasteiger partial charge in [0.05, 0.1) is 22.1 Å². The number of nitriles is 3. The van der Waals surface area contributed by atoms with Crippen molar-refractivity contribution < 1.29 is 0 Å². The fourth-order valence-electron chi connectivity index (χ4n) is 3.70. The average Bonchev–Trinajstić information content (AvgIpc) is 2.92. The summed E-state index contributed by atoms with van der Waals surface area (Å²) in [5, 5.41) is 27.6. The maximum atomic E-state index is 9.23. The van der Waals surface area contributed by atoms with E-state index in [1.54, 1.807) is 12.1 Å². The molecule has 0 saturated carbocycles. The second-order valence-corrected chi connectivity index (χ2v) is 7.47. The minimum atomic E-state index is -0.104. The molecule has 0 atom stereocenters. The molecule has 0 saturated heterocycles. The van der Waals surface area contributed by atoms with Crippen molar-refractivity contribution in [2.75, 3.05) is 0 Å². The Hall–Kier alpha value is -6.17. The third kappa shape index (κ3) is 3.14. The fraction of sp³-hybridized carbons (Fsp3) is 0. The summed E-state index contributed by atoms with van der Waals surface area (Å²) in [6, 6.07) is 16.6. The summed E-state index contributed by atoms with van der Waals surface area (Å²) in [5.41, 5.74) is 4.69. The Balaban J connectivity index is 1.49. The number of benzene rings is 2. The molecular formula is C25H7N11. The van der Waals surface area contributed by atoms with E-state index in [1.165, 1.54) is 0 Å². The summed E-state index contributed by atoms with van der Waals surface area (Å²) in [6.45, 7) is 0. The smallest absolute Gasteiger partial charge is 0.199 e. The van der Waals surface area contributed by atoms with Gasteiger partial charge in [-0.1, -0.05) is 12.1 Å². The Morgan fingerprint density at radius 1 is 0.472 bits per heavy atom. The van der Waals surface area contributed by atoms with Gasteiger partial charge >= 0.3 is 0 Å². The van der Waals surface area contributed by atoms with Gasteiger partial charge < -0.3 is 0 Å². The van der Waals surface area contributed by atoms with Crippen LogP contribution in [0.25, 0.3) is 55.8 Å². The third-order valence-corrected chi connectivity index (χ3v) is 5.36. The van der Waals surface area contributed by atoms with Crippen LogP contribution in [-0.4, -0.2) is 39.9 Å². The van der Waals surface area contributed by atoms with E-state index in [0.29, 0.717) is 22.1 Å². The summed E-state index contributed by atoms with van der Waals surface area (Å²) in [7, 11) is 0. The molecule has 0 spiro atoms. The van der Waals surface area contributed by atoms with Crippen LogP contribution in [0.2, 0.25) is 0 Å². The Morgan fingerprint density at radius 3 is 1.22 bits per heavy atom. The number of hydrogen-bond donors (Lipinski definition) is 0. The predicted octanol–water partition coefficient (Wildman–Crippen LogP) is 2.72. The van der Waals surface area contributed by atoms with Crippen molar-refractivity contribution in [3.05, 3.63) is 59.2 Å². The molecule has 0 aliphatic heterocycles. The fourth-order valence-corrected chi connectivity index (χ4v) is 3.70. The van der Waals surface area contributed by atoms with E-state index in [1.807, 2.05) is 42.5 Å². The van der Waals surface area contributed by atoms with Crippen LogP contribution in [0.15, 0.2) is 36.4 Å². The highest BCUT2D eigenvalue weighted by molar-refractivity contribution is 5.90. The van der Waals surface area contributed by atoms with E-state index in [2.05, 4.69) is 45.8 Å². The first kappa shape index (κ1) is 20.4. The van der Waals surface area contributed by atoms with Crippen LogP contribution in [0.4, 0.5) is 0 Å². The predicted molar refractivity (Wildman–Crippen MR) is 126 cm³/mol. The topological polar surface area (TPSA) is 174 Å². The number of hydrogen-bond acceptors (Lipinski definition) is 11. The lowest BCUT2D eigenvalue weighted by molar-refractivity contribution is 1.14. The number of fused-ring (bicyclic) bond motifs is 4. The van der Waals surface area contributed by atoms with Crippen molar-refractivity contribution in [3.63, 3.8) is 0 Å². The summed E-state index contributed by atoms with van der Waals surface area (Å²) in [6.07, 6.45) is 5.44. The molecule has 0 unspecified atom stereocenters.